The standard InChI is InChI=1S/C10H16N2O/c1-11-7-10(13)5-9-4-3-8(10)6-12(9)2/h8-9,13H,3-7H2,2H3. The summed E-state index contributed by atoms with van der Waals surface area (Å²) in [5.41, 5.74) is -0.669. The molecule has 13 heavy (non-hydrogen) atoms. The molecular formula is C10H16N2O. The van der Waals surface area contributed by atoms with Crippen LogP contribution in [0.5, 0.6) is 0 Å². The normalized spacial score (nSPS) is 44.7. The van der Waals surface area contributed by atoms with E-state index in [1.54, 1.807) is 0 Å². The molecular weight excluding hydrogens is 164 g/mol. The maximum absolute atomic E-state index is 10.2. The molecule has 2 aliphatic heterocycles. The fourth-order valence-electron chi connectivity index (χ4n) is 2.80. The summed E-state index contributed by atoms with van der Waals surface area (Å²) in [6.45, 7) is 8.11. The summed E-state index contributed by atoms with van der Waals surface area (Å²) in [5.74, 6) is 0.330. The fourth-order valence-corrected chi connectivity index (χ4v) is 2.80. The van der Waals surface area contributed by atoms with Crippen molar-refractivity contribution in [2.24, 2.45) is 5.92 Å². The minimum absolute atomic E-state index is 0.294. The van der Waals surface area contributed by atoms with Crippen LogP contribution in [-0.4, -0.2) is 41.8 Å². The maximum atomic E-state index is 10.2. The zero-order chi connectivity index (χ0) is 9.47. The predicted molar refractivity (Wildman–Crippen MR) is 50.2 cm³/mol. The Balaban J connectivity index is 2.14. The summed E-state index contributed by atoms with van der Waals surface area (Å²) in [5, 5.41) is 10.2. The van der Waals surface area contributed by atoms with Gasteiger partial charge in [0.2, 0.25) is 6.54 Å². The van der Waals surface area contributed by atoms with Crippen LogP contribution < -0.4 is 0 Å². The lowest BCUT2D eigenvalue weighted by Gasteiger charge is -2.50. The lowest BCUT2D eigenvalue weighted by Crippen LogP contribution is -2.60. The Hall–Kier alpha value is -0.590. The van der Waals surface area contributed by atoms with Crippen LogP contribution >= 0.6 is 0 Å². The lowest BCUT2D eigenvalue weighted by molar-refractivity contribution is -0.110. The summed E-state index contributed by atoms with van der Waals surface area (Å²) in [7, 11) is 2.12. The highest BCUT2D eigenvalue weighted by Gasteiger charge is 2.50. The third kappa shape index (κ3) is 1.34. The summed E-state index contributed by atoms with van der Waals surface area (Å²) < 4.78 is 0. The molecule has 0 spiro atoms. The average molecular weight is 180 g/mol. The zero-order valence-corrected chi connectivity index (χ0v) is 8.03. The molecule has 2 heterocycles. The van der Waals surface area contributed by atoms with E-state index in [2.05, 4.69) is 16.8 Å². The molecule has 72 valence electrons. The van der Waals surface area contributed by atoms with Gasteiger partial charge < -0.3 is 14.9 Å². The molecule has 1 aliphatic carbocycles. The molecule has 2 bridgehead atoms. The van der Waals surface area contributed by atoms with E-state index in [0.29, 0.717) is 18.5 Å². The lowest BCUT2D eigenvalue weighted by atomic mass is 9.69. The monoisotopic (exact) mass is 180 g/mol. The van der Waals surface area contributed by atoms with Crippen molar-refractivity contribution in [2.45, 2.75) is 30.9 Å². The van der Waals surface area contributed by atoms with Gasteiger partial charge in [0.05, 0.1) is 0 Å². The molecule has 1 N–H and O–H groups in total. The van der Waals surface area contributed by atoms with Crippen molar-refractivity contribution in [3.05, 3.63) is 11.4 Å². The second kappa shape index (κ2) is 2.97. The van der Waals surface area contributed by atoms with Crippen LogP contribution in [-0.2, 0) is 0 Å². The van der Waals surface area contributed by atoms with E-state index in [1.165, 1.54) is 6.42 Å². The van der Waals surface area contributed by atoms with Crippen molar-refractivity contribution in [3.8, 4) is 0 Å². The predicted octanol–water partition coefficient (Wildman–Crippen LogP) is 0.751. The highest BCUT2D eigenvalue weighted by atomic mass is 16.3. The Labute approximate surface area is 79.2 Å². The molecule has 0 radical (unpaired) electrons. The Bertz CT molecular complexity index is 248. The molecule has 3 atom stereocenters. The van der Waals surface area contributed by atoms with Crippen LogP contribution in [0, 0.1) is 12.5 Å². The van der Waals surface area contributed by atoms with E-state index in [1.807, 2.05) is 0 Å². The first-order chi connectivity index (χ1) is 6.15. The van der Waals surface area contributed by atoms with Gasteiger partial charge in [0, 0.05) is 18.5 Å². The van der Waals surface area contributed by atoms with Crippen molar-refractivity contribution in [1.82, 2.24) is 4.90 Å². The third-order valence-electron chi connectivity index (χ3n) is 3.68. The van der Waals surface area contributed by atoms with Gasteiger partial charge in [-0.25, -0.2) is 6.57 Å². The van der Waals surface area contributed by atoms with Gasteiger partial charge in [-0.1, -0.05) is 0 Å². The molecule has 3 nitrogen and oxygen atoms in total. The van der Waals surface area contributed by atoms with E-state index >= 15 is 0 Å². The Morgan fingerprint density at radius 2 is 2.38 bits per heavy atom. The second-order valence-corrected chi connectivity index (χ2v) is 4.49. The van der Waals surface area contributed by atoms with Crippen LogP contribution in [0.3, 0.4) is 0 Å². The largest absolute Gasteiger partial charge is 0.382 e. The number of rotatable bonds is 1. The first-order valence-electron chi connectivity index (χ1n) is 4.91. The van der Waals surface area contributed by atoms with Crippen LogP contribution in [0.25, 0.3) is 4.85 Å². The molecule has 0 aromatic carbocycles. The molecule has 3 fully saturated rings. The number of hydrogen-bond donors (Lipinski definition) is 1. The van der Waals surface area contributed by atoms with Gasteiger partial charge in [-0.15, -0.1) is 0 Å². The van der Waals surface area contributed by atoms with E-state index in [-0.39, 0.29) is 0 Å². The van der Waals surface area contributed by atoms with E-state index < -0.39 is 5.60 Å². The number of fused-ring (bicyclic) bond motifs is 3. The second-order valence-electron chi connectivity index (χ2n) is 4.49. The van der Waals surface area contributed by atoms with Gasteiger partial charge in [0.1, 0.15) is 5.60 Å². The van der Waals surface area contributed by atoms with E-state index in [9.17, 15) is 5.11 Å². The van der Waals surface area contributed by atoms with Crippen LogP contribution in [0.2, 0.25) is 0 Å². The molecule has 0 aromatic heterocycles. The van der Waals surface area contributed by atoms with Crippen molar-refractivity contribution >= 4 is 0 Å². The Morgan fingerprint density at radius 3 is 2.85 bits per heavy atom. The van der Waals surface area contributed by atoms with Gasteiger partial charge in [-0.3, -0.25) is 0 Å². The fraction of sp³-hybridized carbons (Fsp3) is 0.900. The molecule has 3 rings (SSSR count). The molecule has 1 saturated carbocycles. The minimum Gasteiger partial charge on any atom is -0.382 e. The average Bonchev–Trinajstić information content (AvgIpc) is 2.07. The summed E-state index contributed by atoms with van der Waals surface area (Å²) in [6, 6.07) is 0.511. The van der Waals surface area contributed by atoms with Crippen LogP contribution in [0.4, 0.5) is 0 Å². The summed E-state index contributed by atoms with van der Waals surface area (Å²) >= 11 is 0. The van der Waals surface area contributed by atoms with Gasteiger partial charge in [0.25, 0.3) is 0 Å². The molecule has 3 aliphatic rings. The molecule has 0 amide bonds. The Morgan fingerprint density at radius 1 is 1.62 bits per heavy atom. The molecule has 0 aromatic rings. The van der Waals surface area contributed by atoms with E-state index in [4.69, 9.17) is 6.57 Å². The van der Waals surface area contributed by atoms with Crippen molar-refractivity contribution < 1.29 is 5.11 Å². The quantitative estimate of drug-likeness (QED) is 0.603. The molecule has 2 saturated heterocycles. The SMILES string of the molecule is [C-]#[N+]CC1(O)CC2CCC1CN2C. The number of piperidine rings is 2. The zero-order valence-electron chi connectivity index (χ0n) is 8.03. The third-order valence-corrected chi connectivity index (χ3v) is 3.68. The topological polar surface area (TPSA) is 27.8 Å². The first-order valence-corrected chi connectivity index (χ1v) is 4.91. The molecule has 3 unspecified atom stereocenters. The minimum atomic E-state index is -0.669. The van der Waals surface area contributed by atoms with Crippen molar-refractivity contribution in [3.63, 3.8) is 0 Å². The maximum Gasteiger partial charge on any atom is 0.243 e. The number of nitrogens with zero attached hydrogens (tertiary/aromatic N) is 2. The highest BCUT2D eigenvalue weighted by molar-refractivity contribution is 5.04. The highest BCUT2D eigenvalue weighted by Crippen LogP contribution is 2.41. The van der Waals surface area contributed by atoms with Gasteiger partial charge >= 0.3 is 0 Å². The number of hydrogen-bond acceptors (Lipinski definition) is 2. The van der Waals surface area contributed by atoms with Crippen LogP contribution in [0.15, 0.2) is 0 Å². The van der Waals surface area contributed by atoms with Gasteiger partial charge in [-0.2, -0.15) is 0 Å². The first kappa shape index (κ1) is 8.98. The summed E-state index contributed by atoms with van der Waals surface area (Å²) in [6.07, 6.45) is 3.10. The van der Waals surface area contributed by atoms with E-state index in [0.717, 1.165) is 19.4 Å². The summed E-state index contributed by atoms with van der Waals surface area (Å²) in [4.78, 5) is 5.68. The smallest absolute Gasteiger partial charge is 0.243 e. The van der Waals surface area contributed by atoms with Crippen LogP contribution in [0.1, 0.15) is 19.3 Å². The van der Waals surface area contributed by atoms with Gasteiger partial charge in [-0.05, 0) is 26.3 Å². The van der Waals surface area contributed by atoms with Crippen molar-refractivity contribution in [1.29, 1.82) is 0 Å². The van der Waals surface area contributed by atoms with Gasteiger partial charge in [0.15, 0.2) is 0 Å². The molecule has 3 heteroatoms. The van der Waals surface area contributed by atoms with Crippen molar-refractivity contribution in [2.75, 3.05) is 20.1 Å². The number of aliphatic hydroxyl groups is 1. The Kier molecular flexibility index (Phi) is 2.05.